The number of pyridine rings is 1. The molecule has 1 aliphatic heterocycles. The Kier molecular flexibility index (Phi) is 3.73. The number of nitrogens with zero attached hydrogens (tertiary/aromatic N) is 4. The van der Waals surface area contributed by atoms with Gasteiger partial charge in [-0.2, -0.15) is 4.37 Å². The zero-order chi connectivity index (χ0) is 13.8. The lowest BCUT2D eigenvalue weighted by Crippen LogP contribution is -2.29. The first kappa shape index (κ1) is 12.8. The lowest BCUT2D eigenvalue weighted by molar-refractivity contribution is 0.152. The minimum atomic E-state index is -0.294. The van der Waals surface area contributed by atoms with Crippen molar-refractivity contribution in [3.05, 3.63) is 24.5 Å². The van der Waals surface area contributed by atoms with Crippen LogP contribution in [0, 0.1) is 0 Å². The van der Waals surface area contributed by atoms with Gasteiger partial charge in [0.2, 0.25) is 0 Å². The molecule has 1 aliphatic rings. The Labute approximate surface area is 119 Å². The van der Waals surface area contributed by atoms with Gasteiger partial charge in [-0.15, -0.1) is 4.37 Å². The van der Waals surface area contributed by atoms with Gasteiger partial charge in [0.15, 0.2) is 0 Å². The van der Waals surface area contributed by atoms with Crippen molar-refractivity contribution in [1.29, 1.82) is 0 Å². The average Bonchev–Trinajstić information content (AvgIpc) is 3.10. The predicted molar refractivity (Wildman–Crippen MR) is 71.6 cm³/mol. The third-order valence-electron chi connectivity index (χ3n) is 2.84. The van der Waals surface area contributed by atoms with E-state index in [9.17, 15) is 4.79 Å². The molecule has 0 N–H and O–H groups in total. The van der Waals surface area contributed by atoms with Gasteiger partial charge in [0.05, 0.1) is 24.8 Å². The van der Waals surface area contributed by atoms with E-state index in [0.29, 0.717) is 37.9 Å². The van der Waals surface area contributed by atoms with Crippen LogP contribution in [0.1, 0.15) is 0 Å². The Morgan fingerprint density at radius 1 is 1.45 bits per heavy atom. The summed E-state index contributed by atoms with van der Waals surface area (Å²) in [6.45, 7) is 1.88. The maximum absolute atomic E-state index is 11.3. The molecule has 104 valence electrons. The van der Waals surface area contributed by atoms with Gasteiger partial charge in [0.25, 0.3) is 5.88 Å². The van der Waals surface area contributed by atoms with Gasteiger partial charge in [-0.1, -0.05) is 0 Å². The molecule has 8 heteroatoms. The number of hydrogen-bond acceptors (Lipinski definition) is 7. The standard InChI is InChI=1S/C12H12N4O3S/c17-12-16(5-7-19-12)4-6-18-11-10(14-20-15-11)9-2-1-3-13-8-9/h1-3,8H,4-7H2. The van der Waals surface area contributed by atoms with Crippen LogP contribution in [0.25, 0.3) is 11.3 Å². The summed E-state index contributed by atoms with van der Waals surface area (Å²) in [5.41, 5.74) is 1.53. The molecule has 2 aromatic heterocycles. The highest BCUT2D eigenvalue weighted by molar-refractivity contribution is 6.99. The Balaban J connectivity index is 1.61. The summed E-state index contributed by atoms with van der Waals surface area (Å²) < 4.78 is 18.8. The third-order valence-corrected chi connectivity index (χ3v) is 3.35. The van der Waals surface area contributed by atoms with E-state index in [1.165, 1.54) is 0 Å². The van der Waals surface area contributed by atoms with Gasteiger partial charge < -0.3 is 14.4 Å². The van der Waals surface area contributed by atoms with Crippen molar-refractivity contribution < 1.29 is 14.3 Å². The number of hydrogen-bond donors (Lipinski definition) is 0. The van der Waals surface area contributed by atoms with Gasteiger partial charge in [-0.25, -0.2) is 4.79 Å². The van der Waals surface area contributed by atoms with E-state index in [-0.39, 0.29) is 6.09 Å². The van der Waals surface area contributed by atoms with Crippen molar-refractivity contribution in [2.24, 2.45) is 0 Å². The van der Waals surface area contributed by atoms with Gasteiger partial charge in [-0.3, -0.25) is 4.98 Å². The lowest BCUT2D eigenvalue weighted by Gasteiger charge is -2.12. The van der Waals surface area contributed by atoms with Crippen LogP contribution < -0.4 is 4.74 Å². The molecule has 0 aliphatic carbocycles. The average molecular weight is 292 g/mol. The fraction of sp³-hybridized carbons (Fsp3) is 0.333. The molecule has 7 nitrogen and oxygen atoms in total. The SMILES string of the molecule is O=C1OCCN1CCOc1nsnc1-c1cccnc1. The molecule has 0 unspecified atom stereocenters. The second-order valence-electron chi connectivity index (χ2n) is 4.11. The van der Waals surface area contributed by atoms with Crippen molar-refractivity contribution in [2.45, 2.75) is 0 Å². The zero-order valence-corrected chi connectivity index (χ0v) is 11.4. The fourth-order valence-corrected chi connectivity index (χ4v) is 2.35. The Morgan fingerprint density at radius 3 is 3.15 bits per heavy atom. The van der Waals surface area contributed by atoms with E-state index >= 15 is 0 Å². The van der Waals surface area contributed by atoms with Crippen molar-refractivity contribution in [2.75, 3.05) is 26.3 Å². The maximum atomic E-state index is 11.3. The summed E-state index contributed by atoms with van der Waals surface area (Å²) in [4.78, 5) is 16.9. The highest BCUT2D eigenvalue weighted by Gasteiger charge is 2.21. The third kappa shape index (κ3) is 2.69. The summed E-state index contributed by atoms with van der Waals surface area (Å²) in [7, 11) is 0. The first-order chi connectivity index (χ1) is 9.84. The molecular weight excluding hydrogens is 280 g/mol. The molecule has 1 amide bonds. The highest BCUT2D eigenvalue weighted by Crippen LogP contribution is 2.26. The molecule has 2 aromatic rings. The summed E-state index contributed by atoms with van der Waals surface area (Å²) in [5, 5.41) is 0. The monoisotopic (exact) mass is 292 g/mol. The number of ether oxygens (including phenoxy) is 2. The first-order valence-corrected chi connectivity index (χ1v) is 6.85. The number of carbonyl (C=O) groups is 1. The van der Waals surface area contributed by atoms with E-state index in [4.69, 9.17) is 9.47 Å². The molecule has 1 fully saturated rings. The second kappa shape index (κ2) is 5.83. The zero-order valence-electron chi connectivity index (χ0n) is 10.6. The molecular formula is C12H12N4O3S. The second-order valence-corrected chi connectivity index (χ2v) is 4.64. The van der Waals surface area contributed by atoms with Crippen molar-refractivity contribution in [3.8, 4) is 17.1 Å². The molecule has 0 spiro atoms. The molecule has 1 saturated heterocycles. The van der Waals surface area contributed by atoms with Crippen molar-refractivity contribution >= 4 is 17.8 Å². The van der Waals surface area contributed by atoms with E-state index in [0.717, 1.165) is 17.3 Å². The predicted octanol–water partition coefficient (Wildman–Crippen LogP) is 1.43. The lowest BCUT2D eigenvalue weighted by atomic mass is 10.2. The number of aromatic nitrogens is 3. The Hall–Kier alpha value is -2.22. The largest absolute Gasteiger partial charge is 0.474 e. The first-order valence-electron chi connectivity index (χ1n) is 6.12. The quantitative estimate of drug-likeness (QED) is 0.829. The normalized spacial score (nSPS) is 14.4. The summed E-state index contributed by atoms with van der Waals surface area (Å²) in [5.74, 6) is 0.468. The number of cyclic esters (lactones) is 1. The molecule has 0 atom stereocenters. The fourth-order valence-electron chi connectivity index (χ4n) is 1.84. The van der Waals surface area contributed by atoms with E-state index in [1.807, 2.05) is 12.1 Å². The van der Waals surface area contributed by atoms with Crippen LogP contribution in [-0.2, 0) is 4.74 Å². The van der Waals surface area contributed by atoms with E-state index < -0.39 is 0 Å². The molecule has 20 heavy (non-hydrogen) atoms. The topological polar surface area (TPSA) is 77.4 Å². The summed E-state index contributed by atoms with van der Waals surface area (Å²) in [6.07, 6.45) is 3.11. The maximum Gasteiger partial charge on any atom is 0.410 e. The smallest absolute Gasteiger partial charge is 0.410 e. The van der Waals surface area contributed by atoms with E-state index in [1.54, 1.807) is 17.3 Å². The molecule has 3 rings (SSSR count). The van der Waals surface area contributed by atoms with Crippen LogP contribution in [-0.4, -0.2) is 51.0 Å². The molecule has 0 aromatic carbocycles. The van der Waals surface area contributed by atoms with Gasteiger partial charge >= 0.3 is 6.09 Å². The summed E-state index contributed by atoms with van der Waals surface area (Å²) in [6, 6.07) is 3.73. The van der Waals surface area contributed by atoms with Crippen LogP contribution in [0.15, 0.2) is 24.5 Å². The number of carbonyl (C=O) groups excluding carboxylic acids is 1. The number of rotatable bonds is 5. The number of amides is 1. The van der Waals surface area contributed by atoms with Crippen LogP contribution in [0.5, 0.6) is 5.88 Å². The van der Waals surface area contributed by atoms with Crippen LogP contribution in [0.2, 0.25) is 0 Å². The molecule has 3 heterocycles. The summed E-state index contributed by atoms with van der Waals surface area (Å²) >= 11 is 1.09. The van der Waals surface area contributed by atoms with Gasteiger partial charge in [0.1, 0.15) is 18.9 Å². The molecule has 0 bridgehead atoms. The molecule has 0 radical (unpaired) electrons. The van der Waals surface area contributed by atoms with Crippen molar-refractivity contribution in [1.82, 2.24) is 18.6 Å². The van der Waals surface area contributed by atoms with Crippen LogP contribution >= 0.6 is 11.7 Å². The minimum Gasteiger partial charge on any atom is -0.474 e. The van der Waals surface area contributed by atoms with Crippen LogP contribution in [0.3, 0.4) is 0 Å². The highest BCUT2D eigenvalue weighted by atomic mass is 32.1. The van der Waals surface area contributed by atoms with Crippen molar-refractivity contribution in [3.63, 3.8) is 0 Å². The minimum absolute atomic E-state index is 0.294. The van der Waals surface area contributed by atoms with Crippen LogP contribution in [0.4, 0.5) is 4.79 Å². The molecule has 0 saturated carbocycles. The Bertz CT molecular complexity index is 589. The van der Waals surface area contributed by atoms with E-state index in [2.05, 4.69) is 13.7 Å². The van der Waals surface area contributed by atoms with Gasteiger partial charge in [-0.05, 0) is 12.1 Å². The van der Waals surface area contributed by atoms with Gasteiger partial charge in [0, 0.05) is 18.0 Å². The Morgan fingerprint density at radius 2 is 2.40 bits per heavy atom.